The van der Waals surface area contributed by atoms with Crippen molar-refractivity contribution >= 4 is 11.6 Å². The molecule has 1 fully saturated rings. The highest BCUT2D eigenvalue weighted by atomic mass is 35.5. The molecule has 0 saturated heterocycles. The predicted octanol–water partition coefficient (Wildman–Crippen LogP) is 3.61. The van der Waals surface area contributed by atoms with Gasteiger partial charge in [-0.15, -0.1) is 11.6 Å². The molecule has 15 heavy (non-hydrogen) atoms. The van der Waals surface area contributed by atoms with Gasteiger partial charge in [0.1, 0.15) is 5.82 Å². The lowest BCUT2D eigenvalue weighted by molar-refractivity contribution is 0.798. The Bertz CT molecular complexity index is 325. The van der Waals surface area contributed by atoms with Crippen molar-refractivity contribution in [1.82, 2.24) is 9.97 Å². The second-order valence-corrected chi connectivity index (χ2v) is 4.94. The zero-order valence-electron chi connectivity index (χ0n) is 9.33. The van der Waals surface area contributed by atoms with Crippen LogP contribution in [0.4, 0.5) is 0 Å². The van der Waals surface area contributed by atoms with Crippen LogP contribution in [-0.2, 0) is 6.42 Å². The van der Waals surface area contributed by atoms with Crippen LogP contribution in [0.25, 0.3) is 0 Å². The number of hydrogen-bond donors (Lipinski definition) is 0. The lowest BCUT2D eigenvalue weighted by atomic mass is 10.2. The monoisotopic (exact) mass is 224 g/mol. The van der Waals surface area contributed by atoms with E-state index in [4.69, 9.17) is 11.6 Å². The van der Waals surface area contributed by atoms with E-state index in [1.165, 1.54) is 18.5 Å². The third kappa shape index (κ3) is 2.69. The Morgan fingerprint density at radius 2 is 2.20 bits per heavy atom. The van der Waals surface area contributed by atoms with Crippen LogP contribution in [0, 0.1) is 0 Å². The molecule has 1 aromatic heterocycles. The molecular formula is C12H17ClN2. The van der Waals surface area contributed by atoms with Gasteiger partial charge in [-0.05, 0) is 32.3 Å². The molecule has 0 bridgehead atoms. The fourth-order valence-electron chi connectivity index (χ4n) is 1.69. The summed E-state index contributed by atoms with van der Waals surface area (Å²) in [6.45, 7) is 4.10. The van der Waals surface area contributed by atoms with Gasteiger partial charge in [-0.25, -0.2) is 9.97 Å². The highest BCUT2D eigenvalue weighted by molar-refractivity contribution is 6.20. The summed E-state index contributed by atoms with van der Waals surface area (Å²) in [6.07, 6.45) is 4.70. The van der Waals surface area contributed by atoms with Crippen molar-refractivity contribution in [2.24, 2.45) is 0 Å². The smallest absolute Gasteiger partial charge is 0.146 e. The van der Waals surface area contributed by atoms with E-state index in [0.717, 1.165) is 24.4 Å². The second-order valence-electron chi connectivity index (χ2n) is 4.28. The summed E-state index contributed by atoms with van der Waals surface area (Å²) in [6, 6.07) is 2.16. The van der Waals surface area contributed by atoms with Crippen LogP contribution in [0.5, 0.6) is 0 Å². The van der Waals surface area contributed by atoms with Gasteiger partial charge in [0.2, 0.25) is 0 Å². The van der Waals surface area contributed by atoms with Crippen LogP contribution < -0.4 is 0 Å². The van der Waals surface area contributed by atoms with E-state index >= 15 is 0 Å². The van der Waals surface area contributed by atoms with Gasteiger partial charge in [0, 0.05) is 17.3 Å². The molecule has 1 unspecified atom stereocenters. The molecule has 3 heteroatoms. The van der Waals surface area contributed by atoms with Crippen LogP contribution in [0.3, 0.4) is 0 Å². The van der Waals surface area contributed by atoms with E-state index in [1.807, 2.05) is 6.92 Å². The summed E-state index contributed by atoms with van der Waals surface area (Å²) in [5.74, 6) is 1.47. The van der Waals surface area contributed by atoms with E-state index in [1.54, 1.807) is 0 Å². The zero-order chi connectivity index (χ0) is 10.8. The maximum absolute atomic E-state index is 6.05. The Hall–Kier alpha value is -0.630. The summed E-state index contributed by atoms with van der Waals surface area (Å²) in [7, 11) is 0. The number of alkyl halides is 1. The maximum atomic E-state index is 6.05. The fraction of sp³-hybridized carbons (Fsp3) is 0.667. The summed E-state index contributed by atoms with van der Waals surface area (Å²) >= 11 is 6.05. The van der Waals surface area contributed by atoms with Gasteiger partial charge in [0.05, 0.1) is 5.38 Å². The molecule has 0 N–H and O–H groups in total. The van der Waals surface area contributed by atoms with E-state index in [-0.39, 0.29) is 5.38 Å². The lowest BCUT2D eigenvalue weighted by Crippen LogP contribution is -2.03. The third-order valence-corrected chi connectivity index (χ3v) is 2.87. The molecule has 1 saturated carbocycles. The first-order valence-electron chi connectivity index (χ1n) is 5.72. The average molecular weight is 225 g/mol. The Morgan fingerprint density at radius 1 is 1.47 bits per heavy atom. The molecule has 0 radical (unpaired) electrons. The van der Waals surface area contributed by atoms with Crippen LogP contribution in [0.2, 0.25) is 0 Å². The van der Waals surface area contributed by atoms with Crippen molar-refractivity contribution in [3.8, 4) is 0 Å². The molecule has 2 rings (SSSR count). The van der Waals surface area contributed by atoms with E-state index in [9.17, 15) is 0 Å². The van der Waals surface area contributed by atoms with Gasteiger partial charge in [-0.1, -0.05) is 13.3 Å². The molecule has 2 nitrogen and oxygen atoms in total. The summed E-state index contributed by atoms with van der Waals surface area (Å²) in [5.41, 5.74) is 2.35. The first-order valence-corrected chi connectivity index (χ1v) is 6.16. The van der Waals surface area contributed by atoms with E-state index in [0.29, 0.717) is 5.92 Å². The van der Waals surface area contributed by atoms with Crippen LogP contribution in [-0.4, -0.2) is 9.97 Å². The fourth-order valence-corrected chi connectivity index (χ4v) is 1.79. The largest absolute Gasteiger partial charge is 0.236 e. The van der Waals surface area contributed by atoms with Crippen molar-refractivity contribution in [2.75, 3.05) is 0 Å². The minimum atomic E-state index is -0.0840. The molecule has 1 aliphatic carbocycles. The number of aromatic nitrogens is 2. The van der Waals surface area contributed by atoms with E-state index < -0.39 is 0 Å². The maximum Gasteiger partial charge on any atom is 0.146 e. The summed E-state index contributed by atoms with van der Waals surface area (Å²) in [5, 5.41) is -0.0840. The first-order chi connectivity index (χ1) is 7.20. The van der Waals surface area contributed by atoms with E-state index in [2.05, 4.69) is 23.0 Å². The molecular weight excluding hydrogens is 208 g/mol. The SMILES string of the molecule is CCCc1cc(C2CC2)nc(C(C)Cl)n1. The standard InChI is InChI=1S/C12H17ClN2/c1-3-4-10-7-11(9-5-6-9)15-12(14-10)8(2)13/h7-9H,3-6H2,1-2H3. The third-order valence-electron chi connectivity index (χ3n) is 2.67. The Labute approximate surface area is 96.1 Å². The summed E-state index contributed by atoms with van der Waals surface area (Å²) < 4.78 is 0. The Morgan fingerprint density at radius 3 is 2.73 bits per heavy atom. The molecule has 0 amide bonds. The van der Waals surface area contributed by atoms with Gasteiger partial charge in [0.15, 0.2) is 0 Å². The number of aryl methyl sites for hydroxylation is 1. The minimum Gasteiger partial charge on any atom is -0.236 e. The Balaban J connectivity index is 2.30. The average Bonchev–Trinajstić information content (AvgIpc) is 3.01. The van der Waals surface area contributed by atoms with Gasteiger partial charge in [-0.3, -0.25) is 0 Å². The predicted molar refractivity (Wildman–Crippen MR) is 62.3 cm³/mol. The molecule has 0 aromatic carbocycles. The highest BCUT2D eigenvalue weighted by Gasteiger charge is 2.26. The van der Waals surface area contributed by atoms with Gasteiger partial charge in [0.25, 0.3) is 0 Å². The van der Waals surface area contributed by atoms with Crippen LogP contribution >= 0.6 is 11.6 Å². The highest BCUT2D eigenvalue weighted by Crippen LogP contribution is 2.39. The number of hydrogen-bond acceptors (Lipinski definition) is 2. The molecule has 1 heterocycles. The molecule has 1 aromatic rings. The quantitative estimate of drug-likeness (QED) is 0.731. The molecule has 82 valence electrons. The first kappa shape index (κ1) is 10.9. The van der Waals surface area contributed by atoms with Crippen molar-refractivity contribution < 1.29 is 0 Å². The topological polar surface area (TPSA) is 25.8 Å². The number of rotatable bonds is 4. The van der Waals surface area contributed by atoms with Crippen LogP contribution in [0.15, 0.2) is 6.07 Å². The van der Waals surface area contributed by atoms with Gasteiger partial charge >= 0.3 is 0 Å². The van der Waals surface area contributed by atoms with Crippen molar-refractivity contribution in [2.45, 2.75) is 50.8 Å². The van der Waals surface area contributed by atoms with Crippen molar-refractivity contribution in [3.63, 3.8) is 0 Å². The molecule has 1 aliphatic rings. The lowest BCUT2D eigenvalue weighted by Gasteiger charge is -2.08. The minimum absolute atomic E-state index is 0.0840. The number of nitrogens with zero attached hydrogens (tertiary/aromatic N) is 2. The van der Waals surface area contributed by atoms with Gasteiger partial charge in [-0.2, -0.15) is 0 Å². The number of halogens is 1. The van der Waals surface area contributed by atoms with Crippen molar-refractivity contribution in [1.29, 1.82) is 0 Å². The molecule has 0 aliphatic heterocycles. The van der Waals surface area contributed by atoms with Crippen molar-refractivity contribution in [3.05, 3.63) is 23.3 Å². The Kier molecular flexibility index (Phi) is 3.25. The van der Waals surface area contributed by atoms with Gasteiger partial charge < -0.3 is 0 Å². The summed E-state index contributed by atoms with van der Waals surface area (Å²) in [4.78, 5) is 9.02. The molecule has 1 atom stereocenters. The normalized spacial score (nSPS) is 17.8. The second kappa shape index (κ2) is 4.48. The molecule has 0 spiro atoms. The van der Waals surface area contributed by atoms with Crippen LogP contribution in [0.1, 0.15) is 61.6 Å². The zero-order valence-corrected chi connectivity index (χ0v) is 10.1.